The molecule has 2 N–H and O–H groups in total. The summed E-state index contributed by atoms with van der Waals surface area (Å²) in [6.45, 7) is 1.14. The van der Waals surface area contributed by atoms with Crippen molar-refractivity contribution in [2.24, 2.45) is 0 Å². The van der Waals surface area contributed by atoms with Gasteiger partial charge in [0, 0.05) is 44.1 Å². The minimum Gasteiger partial charge on any atom is -0.326 e. The first-order chi connectivity index (χ1) is 13.0. The predicted molar refractivity (Wildman–Crippen MR) is 104 cm³/mol. The number of carbonyl (C=O) groups is 1. The Morgan fingerprint density at radius 2 is 2.07 bits per heavy atom. The van der Waals surface area contributed by atoms with Crippen LogP contribution in [0.4, 0.5) is 10.1 Å². The number of hydrogen-bond acceptors (Lipinski definition) is 5. The summed E-state index contributed by atoms with van der Waals surface area (Å²) in [5, 5.41) is 5.77. The van der Waals surface area contributed by atoms with Crippen LogP contribution in [-0.2, 0) is 21.2 Å². The number of pyridine rings is 1. The van der Waals surface area contributed by atoms with Gasteiger partial charge in [0.1, 0.15) is 10.7 Å². The number of halogens is 2. The maximum Gasteiger partial charge on any atom is 0.246 e. The van der Waals surface area contributed by atoms with Crippen molar-refractivity contribution in [3.63, 3.8) is 0 Å². The number of amides is 1. The lowest BCUT2D eigenvalue weighted by atomic mass is 10.0. The number of rotatable bonds is 3. The Kier molecular flexibility index (Phi) is 5.99. The van der Waals surface area contributed by atoms with E-state index in [0.29, 0.717) is 30.8 Å². The van der Waals surface area contributed by atoms with Crippen LogP contribution in [0.5, 0.6) is 0 Å². The molecule has 2 aliphatic heterocycles. The van der Waals surface area contributed by atoms with E-state index in [9.17, 15) is 17.6 Å². The van der Waals surface area contributed by atoms with E-state index in [-0.39, 0.29) is 36.2 Å². The van der Waals surface area contributed by atoms with Gasteiger partial charge in [-0.25, -0.2) is 12.8 Å². The molecule has 3 heterocycles. The molecule has 1 saturated heterocycles. The molecule has 1 fully saturated rings. The number of aryl methyl sites for hydroxylation is 1. The lowest BCUT2D eigenvalue weighted by molar-refractivity contribution is -0.116. The number of piperazine rings is 1. The van der Waals surface area contributed by atoms with Crippen molar-refractivity contribution in [1.29, 1.82) is 0 Å². The predicted octanol–water partition coefficient (Wildman–Crippen LogP) is 1.86. The van der Waals surface area contributed by atoms with Crippen LogP contribution in [0.3, 0.4) is 0 Å². The van der Waals surface area contributed by atoms with Gasteiger partial charge in [0.15, 0.2) is 0 Å². The van der Waals surface area contributed by atoms with Crippen LogP contribution in [0.25, 0.3) is 0 Å². The first-order valence-electron chi connectivity index (χ1n) is 8.71. The summed E-state index contributed by atoms with van der Waals surface area (Å²) in [7, 11) is -4.06. The first-order valence-corrected chi connectivity index (χ1v) is 10.2. The van der Waals surface area contributed by atoms with E-state index in [0.717, 1.165) is 11.6 Å². The Morgan fingerprint density at radius 3 is 2.82 bits per heavy atom. The van der Waals surface area contributed by atoms with Gasteiger partial charge in [-0.2, -0.15) is 4.31 Å². The van der Waals surface area contributed by atoms with E-state index >= 15 is 0 Å². The topological polar surface area (TPSA) is 91.4 Å². The molecule has 7 nitrogen and oxygen atoms in total. The third-order valence-corrected chi connectivity index (χ3v) is 6.83. The molecule has 0 bridgehead atoms. The molecule has 1 atom stereocenters. The summed E-state index contributed by atoms with van der Waals surface area (Å²) in [4.78, 5) is 15.2. The molecule has 10 heteroatoms. The summed E-state index contributed by atoms with van der Waals surface area (Å²) in [5.74, 6) is -1.06. The van der Waals surface area contributed by atoms with Crippen LogP contribution in [0.15, 0.2) is 41.6 Å². The molecule has 150 valence electrons. The van der Waals surface area contributed by atoms with Gasteiger partial charge in [0.05, 0.1) is 6.04 Å². The van der Waals surface area contributed by atoms with E-state index in [1.54, 1.807) is 18.5 Å². The van der Waals surface area contributed by atoms with E-state index in [1.165, 1.54) is 10.4 Å². The fourth-order valence-corrected chi connectivity index (χ4v) is 5.25. The van der Waals surface area contributed by atoms with Crippen molar-refractivity contribution >= 4 is 34.0 Å². The second-order valence-corrected chi connectivity index (χ2v) is 8.47. The molecule has 4 rings (SSSR count). The van der Waals surface area contributed by atoms with Gasteiger partial charge in [-0.15, -0.1) is 12.4 Å². The Labute approximate surface area is 168 Å². The maximum atomic E-state index is 14.7. The zero-order valence-electron chi connectivity index (χ0n) is 14.9. The highest BCUT2D eigenvalue weighted by molar-refractivity contribution is 7.89. The number of nitrogens with one attached hydrogen (secondary N) is 2. The zero-order chi connectivity index (χ0) is 19.0. The lowest BCUT2D eigenvalue weighted by Crippen LogP contribution is -2.48. The van der Waals surface area contributed by atoms with Crippen molar-refractivity contribution in [3.8, 4) is 0 Å². The van der Waals surface area contributed by atoms with Crippen molar-refractivity contribution in [2.45, 2.75) is 23.8 Å². The standard InChI is InChI=1S/C18H19FN4O3S.ClH/c19-14-9-15-12(3-4-18(24)22-15)8-17(14)27(25,26)23-7-6-21-11-16(23)13-2-1-5-20-10-13;/h1-2,5,8-10,16,21H,3-4,6-7,11H2,(H,22,24);1H. The second kappa shape index (κ2) is 8.12. The number of benzene rings is 1. The molecule has 0 radical (unpaired) electrons. The molecule has 1 aromatic carbocycles. The summed E-state index contributed by atoms with van der Waals surface area (Å²) < 4.78 is 42.6. The summed E-state index contributed by atoms with van der Waals surface area (Å²) in [6, 6.07) is 5.54. The van der Waals surface area contributed by atoms with Crippen LogP contribution in [0.2, 0.25) is 0 Å². The number of anilines is 1. The van der Waals surface area contributed by atoms with E-state index in [1.807, 2.05) is 6.07 Å². The van der Waals surface area contributed by atoms with Crippen LogP contribution in [-0.4, -0.2) is 43.2 Å². The summed E-state index contributed by atoms with van der Waals surface area (Å²) in [6.07, 6.45) is 3.89. The van der Waals surface area contributed by atoms with Gasteiger partial charge < -0.3 is 10.6 Å². The third kappa shape index (κ3) is 3.75. The Bertz CT molecular complexity index is 988. The van der Waals surface area contributed by atoms with Crippen molar-refractivity contribution in [3.05, 3.63) is 53.6 Å². The molecule has 28 heavy (non-hydrogen) atoms. The highest BCUT2D eigenvalue weighted by atomic mass is 35.5. The number of hydrogen-bond donors (Lipinski definition) is 2. The van der Waals surface area contributed by atoms with Gasteiger partial charge >= 0.3 is 0 Å². The monoisotopic (exact) mass is 426 g/mol. The highest BCUT2D eigenvalue weighted by Crippen LogP contribution is 2.33. The molecule has 2 aromatic rings. The van der Waals surface area contributed by atoms with Gasteiger partial charge in [0.25, 0.3) is 0 Å². The van der Waals surface area contributed by atoms with E-state index in [4.69, 9.17) is 0 Å². The second-order valence-electron chi connectivity index (χ2n) is 6.61. The fourth-order valence-electron chi connectivity index (χ4n) is 3.53. The average molecular weight is 427 g/mol. The Balaban J connectivity index is 0.00000225. The smallest absolute Gasteiger partial charge is 0.246 e. The SMILES string of the molecule is Cl.O=C1CCc2cc(S(=O)(=O)N3CCNCC3c3cccnc3)c(F)cc2N1. The first kappa shape index (κ1) is 20.7. The molecular weight excluding hydrogens is 407 g/mol. The van der Waals surface area contributed by atoms with E-state index < -0.39 is 21.9 Å². The minimum absolute atomic E-state index is 0. The molecule has 1 unspecified atom stereocenters. The molecule has 0 aliphatic carbocycles. The van der Waals surface area contributed by atoms with Gasteiger partial charge in [-0.05, 0) is 35.7 Å². The minimum atomic E-state index is -4.06. The molecule has 1 aromatic heterocycles. The fraction of sp³-hybridized carbons (Fsp3) is 0.333. The largest absolute Gasteiger partial charge is 0.326 e. The zero-order valence-corrected chi connectivity index (χ0v) is 16.5. The average Bonchev–Trinajstić information content (AvgIpc) is 2.68. The number of aromatic nitrogens is 1. The van der Waals surface area contributed by atoms with Crippen LogP contribution >= 0.6 is 12.4 Å². The maximum absolute atomic E-state index is 14.7. The van der Waals surface area contributed by atoms with Crippen LogP contribution in [0, 0.1) is 5.82 Å². The normalized spacial score (nSPS) is 20.0. The summed E-state index contributed by atoms with van der Waals surface area (Å²) in [5.41, 5.74) is 1.72. The lowest BCUT2D eigenvalue weighted by Gasteiger charge is -2.35. The van der Waals surface area contributed by atoms with Crippen LogP contribution in [0.1, 0.15) is 23.6 Å². The molecule has 0 spiro atoms. The molecular formula is C18H20ClFN4O3S. The number of nitrogens with zero attached hydrogens (tertiary/aromatic N) is 2. The van der Waals surface area contributed by atoms with Crippen molar-refractivity contribution < 1.29 is 17.6 Å². The van der Waals surface area contributed by atoms with Crippen molar-refractivity contribution in [2.75, 3.05) is 25.0 Å². The summed E-state index contributed by atoms with van der Waals surface area (Å²) >= 11 is 0. The van der Waals surface area contributed by atoms with Gasteiger partial charge in [0.2, 0.25) is 15.9 Å². The molecule has 0 saturated carbocycles. The van der Waals surface area contributed by atoms with Gasteiger partial charge in [-0.3, -0.25) is 9.78 Å². The highest BCUT2D eigenvalue weighted by Gasteiger charge is 2.36. The third-order valence-electron chi connectivity index (χ3n) is 4.90. The molecule has 1 amide bonds. The van der Waals surface area contributed by atoms with Crippen LogP contribution < -0.4 is 10.6 Å². The number of carbonyl (C=O) groups excluding carboxylic acids is 1. The molecule has 2 aliphatic rings. The number of fused-ring (bicyclic) bond motifs is 1. The van der Waals surface area contributed by atoms with E-state index in [2.05, 4.69) is 15.6 Å². The Hall–Kier alpha value is -2.07. The Morgan fingerprint density at radius 1 is 1.25 bits per heavy atom. The number of sulfonamides is 1. The van der Waals surface area contributed by atoms with Crippen molar-refractivity contribution in [1.82, 2.24) is 14.6 Å². The quantitative estimate of drug-likeness (QED) is 0.781. The van der Waals surface area contributed by atoms with Gasteiger partial charge in [-0.1, -0.05) is 6.07 Å².